The summed E-state index contributed by atoms with van der Waals surface area (Å²) in [5.74, 6) is 0. The zero-order chi connectivity index (χ0) is 16.1. The van der Waals surface area contributed by atoms with Gasteiger partial charge in [0.2, 0.25) is 0 Å². The molecule has 2 N–H and O–H groups in total. The minimum Gasteiger partial charge on any atom is -0.337 e. The molecule has 1 aliphatic rings. The number of nitrogens with one attached hydrogen (secondary N) is 2. The van der Waals surface area contributed by atoms with Crippen LogP contribution in [0.4, 0.5) is 4.79 Å². The van der Waals surface area contributed by atoms with Crippen LogP contribution >= 0.6 is 11.8 Å². The Bertz CT molecular complexity index is 483. The van der Waals surface area contributed by atoms with Gasteiger partial charge < -0.3 is 10.2 Å². The van der Waals surface area contributed by atoms with Gasteiger partial charge in [0.25, 0.3) is 0 Å². The molecule has 1 aliphatic heterocycles. The number of urea groups is 1. The van der Waals surface area contributed by atoms with E-state index in [-0.39, 0.29) is 12.1 Å². The first-order valence-corrected chi connectivity index (χ1v) is 9.42. The van der Waals surface area contributed by atoms with Crippen LogP contribution < -0.4 is 5.32 Å². The minimum atomic E-state index is 0.0628. The summed E-state index contributed by atoms with van der Waals surface area (Å²) in [5, 5.41) is 10.9. The molecule has 0 radical (unpaired) electrons. The number of hydrogen-bond donors (Lipinski definition) is 2. The summed E-state index contributed by atoms with van der Waals surface area (Å²) in [5.41, 5.74) is 3.30. The van der Waals surface area contributed by atoms with Gasteiger partial charge in [0.1, 0.15) is 0 Å². The van der Waals surface area contributed by atoms with E-state index in [0.717, 1.165) is 30.8 Å². The monoisotopic (exact) mass is 324 g/mol. The maximum absolute atomic E-state index is 12.7. The third-order valence-electron chi connectivity index (χ3n) is 4.48. The summed E-state index contributed by atoms with van der Waals surface area (Å²) in [7, 11) is 0. The molecule has 2 rings (SSSR count). The average molecular weight is 324 g/mol. The van der Waals surface area contributed by atoms with Gasteiger partial charge in [0.05, 0.1) is 11.7 Å². The van der Waals surface area contributed by atoms with Crippen molar-refractivity contribution >= 4 is 17.8 Å². The summed E-state index contributed by atoms with van der Waals surface area (Å²) in [4.78, 5) is 14.7. The number of likely N-dealkylation sites (tertiary alicyclic amines) is 1. The van der Waals surface area contributed by atoms with Crippen LogP contribution in [0.5, 0.6) is 0 Å². The second kappa shape index (κ2) is 7.90. The zero-order valence-corrected chi connectivity index (χ0v) is 14.9. The molecule has 0 spiro atoms. The first-order valence-electron chi connectivity index (χ1n) is 8.13. The molecule has 0 aliphatic carbocycles. The van der Waals surface area contributed by atoms with Crippen molar-refractivity contribution in [1.29, 1.82) is 0 Å². The zero-order valence-electron chi connectivity index (χ0n) is 14.1. The molecule has 0 aromatic carbocycles. The first kappa shape index (κ1) is 17.2. The molecule has 2 heterocycles. The molecule has 1 saturated heterocycles. The smallest absolute Gasteiger partial charge is 0.317 e. The molecule has 22 heavy (non-hydrogen) atoms. The molecular weight excluding hydrogens is 296 g/mol. The van der Waals surface area contributed by atoms with E-state index >= 15 is 0 Å². The van der Waals surface area contributed by atoms with Crippen molar-refractivity contribution < 1.29 is 4.79 Å². The molecule has 124 valence electrons. The van der Waals surface area contributed by atoms with Crippen molar-refractivity contribution in [2.45, 2.75) is 57.7 Å². The van der Waals surface area contributed by atoms with E-state index in [0.29, 0.717) is 11.8 Å². The Balaban J connectivity index is 2.16. The van der Waals surface area contributed by atoms with Gasteiger partial charge in [-0.3, -0.25) is 5.10 Å². The maximum Gasteiger partial charge on any atom is 0.317 e. The summed E-state index contributed by atoms with van der Waals surface area (Å²) < 4.78 is 0. The van der Waals surface area contributed by atoms with Gasteiger partial charge in [-0.25, -0.2) is 4.79 Å². The Labute approximate surface area is 137 Å². The lowest BCUT2D eigenvalue weighted by Gasteiger charge is -2.31. The van der Waals surface area contributed by atoms with Gasteiger partial charge in [-0.15, -0.1) is 0 Å². The molecule has 2 amide bonds. The van der Waals surface area contributed by atoms with E-state index in [9.17, 15) is 4.79 Å². The maximum atomic E-state index is 12.7. The van der Waals surface area contributed by atoms with Crippen LogP contribution in [0.1, 0.15) is 55.6 Å². The van der Waals surface area contributed by atoms with E-state index in [1.807, 2.05) is 18.7 Å². The molecule has 1 aromatic rings. The fourth-order valence-electron chi connectivity index (χ4n) is 3.12. The number of carbonyl (C=O) groups excluding carboxylic acids is 1. The Morgan fingerprint density at radius 2 is 2.23 bits per heavy atom. The van der Waals surface area contributed by atoms with E-state index in [1.54, 1.807) is 11.8 Å². The van der Waals surface area contributed by atoms with Gasteiger partial charge in [-0.2, -0.15) is 16.9 Å². The average Bonchev–Trinajstić information content (AvgIpc) is 2.71. The lowest BCUT2D eigenvalue weighted by atomic mass is 9.99. The van der Waals surface area contributed by atoms with Crippen molar-refractivity contribution in [2.24, 2.45) is 0 Å². The SMILES string of the molecule is CS[C@@H](C)CNC(=O)N1CCCCC[C@H]1c1c(C)n[nH]c1C. The van der Waals surface area contributed by atoms with Crippen molar-refractivity contribution in [3.05, 3.63) is 17.0 Å². The molecule has 1 fully saturated rings. The third kappa shape index (κ3) is 3.97. The predicted molar refractivity (Wildman–Crippen MR) is 92.4 cm³/mol. The number of thioether (sulfide) groups is 1. The van der Waals surface area contributed by atoms with Crippen LogP contribution in [0.2, 0.25) is 0 Å². The fraction of sp³-hybridized carbons (Fsp3) is 0.750. The fourth-order valence-corrected chi connectivity index (χ4v) is 3.37. The highest BCUT2D eigenvalue weighted by Crippen LogP contribution is 2.33. The number of nitrogens with zero attached hydrogens (tertiary/aromatic N) is 2. The predicted octanol–water partition coefficient (Wildman–Crippen LogP) is 3.40. The van der Waals surface area contributed by atoms with E-state index in [4.69, 9.17) is 0 Å². The Kier molecular flexibility index (Phi) is 6.17. The van der Waals surface area contributed by atoms with Crippen LogP contribution in [-0.4, -0.2) is 45.7 Å². The first-order chi connectivity index (χ1) is 10.5. The minimum absolute atomic E-state index is 0.0628. The number of aromatic amines is 1. The Morgan fingerprint density at radius 3 is 2.86 bits per heavy atom. The van der Waals surface area contributed by atoms with Crippen molar-refractivity contribution in [2.75, 3.05) is 19.3 Å². The van der Waals surface area contributed by atoms with Gasteiger partial charge in [0, 0.05) is 29.6 Å². The number of carbonyl (C=O) groups is 1. The molecule has 0 unspecified atom stereocenters. The third-order valence-corrected chi connectivity index (χ3v) is 5.45. The highest BCUT2D eigenvalue weighted by atomic mass is 32.2. The van der Waals surface area contributed by atoms with E-state index in [2.05, 4.69) is 28.7 Å². The standard InChI is InChI=1S/C16H28N4OS/c1-11(22-4)10-17-16(21)20-9-7-5-6-8-14(20)15-12(2)18-19-13(15)3/h11,14H,5-10H2,1-4H3,(H,17,21)(H,18,19)/t11-,14-/m0/s1. The molecular formula is C16H28N4OS. The number of rotatable bonds is 4. The number of amides is 2. The lowest BCUT2D eigenvalue weighted by Crippen LogP contribution is -2.44. The quantitative estimate of drug-likeness (QED) is 0.892. The van der Waals surface area contributed by atoms with Crippen LogP contribution in [0.25, 0.3) is 0 Å². The lowest BCUT2D eigenvalue weighted by molar-refractivity contribution is 0.175. The Morgan fingerprint density at radius 1 is 1.45 bits per heavy atom. The van der Waals surface area contributed by atoms with Crippen molar-refractivity contribution in [1.82, 2.24) is 20.4 Å². The summed E-state index contributed by atoms with van der Waals surface area (Å²) in [6.45, 7) is 7.75. The van der Waals surface area contributed by atoms with Gasteiger partial charge in [-0.05, 0) is 32.9 Å². The number of H-pyrrole nitrogens is 1. The number of aryl methyl sites for hydroxylation is 2. The molecule has 6 heteroatoms. The molecule has 0 bridgehead atoms. The van der Waals surface area contributed by atoms with Gasteiger partial charge in [0.15, 0.2) is 0 Å². The molecule has 2 atom stereocenters. The molecule has 1 aromatic heterocycles. The normalized spacial score (nSPS) is 20.5. The second-order valence-electron chi connectivity index (χ2n) is 6.14. The van der Waals surface area contributed by atoms with Crippen LogP contribution in [-0.2, 0) is 0 Å². The van der Waals surface area contributed by atoms with Crippen molar-refractivity contribution in [3.8, 4) is 0 Å². The van der Waals surface area contributed by atoms with Gasteiger partial charge in [-0.1, -0.05) is 19.8 Å². The largest absolute Gasteiger partial charge is 0.337 e. The van der Waals surface area contributed by atoms with Crippen LogP contribution in [0.15, 0.2) is 0 Å². The summed E-state index contributed by atoms with van der Waals surface area (Å²) >= 11 is 1.77. The topological polar surface area (TPSA) is 61.0 Å². The summed E-state index contributed by atoms with van der Waals surface area (Å²) in [6.07, 6.45) is 6.53. The van der Waals surface area contributed by atoms with Gasteiger partial charge >= 0.3 is 6.03 Å². The number of hydrogen-bond acceptors (Lipinski definition) is 3. The van der Waals surface area contributed by atoms with E-state index in [1.165, 1.54) is 18.4 Å². The highest BCUT2D eigenvalue weighted by Gasteiger charge is 2.30. The molecule has 5 nitrogen and oxygen atoms in total. The Hall–Kier alpha value is -1.17. The van der Waals surface area contributed by atoms with Crippen LogP contribution in [0, 0.1) is 13.8 Å². The number of aromatic nitrogens is 2. The van der Waals surface area contributed by atoms with Crippen LogP contribution in [0.3, 0.4) is 0 Å². The van der Waals surface area contributed by atoms with Crippen molar-refractivity contribution in [3.63, 3.8) is 0 Å². The second-order valence-corrected chi connectivity index (χ2v) is 7.41. The molecule has 0 saturated carbocycles. The summed E-state index contributed by atoms with van der Waals surface area (Å²) in [6, 6.07) is 0.207. The van der Waals surface area contributed by atoms with E-state index < -0.39 is 0 Å². The highest BCUT2D eigenvalue weighted by molar-refractivity contribution is 7.99.